The number of aldehydes is 1. The molecule has 2 rings (SSSR count). The fraction of sp³-hybridized carbons (Fsp3) is 0.364. The second-order valence-corrected chi connectivity index (χ2v) is 4.49. The van der Waals surface area contributed by atoms with E-state index in [2.05, 4.69) is 0 Å². The van der Waals surface area contributed by atoms with Crippen LogP contribution in [0.1, 0.15) is 23.2 Å². The maximum absolute atomic E-state index is 10.8. The lowest BCUT2D eigenvalue weighted by Crippen LogP contribution is -2.01. The van der Waals surface area contributed by atoms with E-state index in [1.165, 1.54) is 18.9 Å². The van der Waals surface area contributed by atoms with Gasteiger partial charge in [0.2, 0.25) is 0 Å². The molecule has 80 valence electrons. The molecular weight excluding hydrogens is 235 g/mol. The van der Waals surface area contributed by atoms with E-state index in [0.717, 1.165) is 6.29 Å². The van der Waals surface area contributed by atoms with Crippen molar-refractivity contribution in [1.29, 1.82) is 0 Å². The first-order valence-corrected chi connectivity index (χ1v) is 5.53. The summed E-state index contributed by atoms with van der Waals surface area (Å²) in [4.78, 5) is 10.8. The van der Waals surface area contributed by atoms with Crippen LogP contribution in [0.4, 0.5) is 0 Å². The van der Waals surface area contributed by atoms with Crippen LogP contribution in [-0.4, -0.2) is 12.9 Å². The summed E-state index contributed by atoms with van der Waals surface area (Å²) >= 11 is 11.6. The van der Waals surface area contributed by atoms with Gasteiger partial charge in [-0.05, 0) is 24.8 Å². The number of halogens is 2. The van der Waals surface area contributed by atoms with Crippen molar-refractivity contribution in [2.75, 3.05) is 6.61 Å². The Labute approximate surface area is 98.1 Å². The molecule has 0 unspecified atom stereocenters. The number of benzene rings is 1. The Hall–Kier alpha value is -0.730. The van der Waals surface area contributed by atoms with Gasteiger partial charge in [-0.25, -0.2) is 0 Å². The van der Waals surface area contributed by atoms with E-state index in [0.29, 0.717) is 33.9 Å². The maximum atomic E-state index is 10.8. The highest BCUT2D eigenvalue weighted by molar-refractivity contribution is 6.42. The highest BCUT2D eigenvalue weighted by Gasteiger charge is 2.22. The van der Waals surface area contributed by atoms with Gasteiger partial charge < -0.3 is 4.74 Å². The minimum absolute atomic E-state index is 0.373. The monoisotopic (exact) mass is 244 g/mol. The number of carbonyl (C=O) groups is 1. The summed E-state index contributed by atoms with van der Waals surface area (Å²) in [5.74, 6) is 1.16. The predicted octanol–water partition coefficient (Wildman–Crippen LogP) is 3.59. The molecule has 0 amide bonds. The van der Waals surface area contributed by atoms with E-state index in [-0.39, 0.29) is 0 Å². The van der Waals surface area contributed by atoms with Gasteiger partial charge in [0.25, 0.3) is 0 Å². The molecule has 4 heteroatoms. The van der Waals surface area contributed by atoms with Crippen LogP contribution in [0.2, 0.25) is 10.0 Å². The van der Waals surface area contributed by atoms with Gasteiger partial charge in [-0.15, -0.1) is 0 Å². The molecule has 0 aromatic heterocycles. The molecule has 0 aliphatic heterocycles. The zero-order chi connectivity index (χ0) is 10.8. The van der Waals surface area contributed by atoms with Gasteiger partial charge in [-0.3, -0.25) is 4.79 Å². The fourth-order valence-electron chi connectivity index (χ4n) is 1.25. The summed E-state index contributed by atoms with van der Waals surface area (Å²) in [5, 5.41) is 0.783. The van der Waals surface area contributed by atoms with Gasteiger partial charge in [-0.2, -0.15) is 0 Å². The number of hydrogen-bond acceptors (Lipinski definition) is 2. The average Bonchev–Trinajstić information content (AvgIpc) is 3.03. The standard InChI is InChI=1S/C11H10Cl2O2/c12-9-3-8(5-14)11(4-10(9)13)15-6-7-1-2-7/h3-5,7H,1-2,6H2. The largest absolute Gasteiger partial charge is 0.492 e. The smallest absolute Gasteiger partial charge is 0.153 e. The number of hydrogen-bond donors (Lipinski definition) is 0. The Morgan fingerprint density at radius 2 is 2.00 bits per heavy atom. The minimum Gasteiger partial charge on any atom is -0.492 e. The van der Waals surface area contributed by atoms with E-state index < -0.39 is 0 Å². The molecule has 0 bridgehead atoms. The van der Waals surface area contributed by atoms with Crippen molar-refractivity contribution < 1.29 is 9.53 Å². The number of carbonyl (C=O) groups excluding carboxylic acids is 1. The van der Waals surface area contributed by atoms with Crippen LogP contribution >= 0.6 is 23.2 Å². The molecule has 1 aliphatic carbocycles. The van der Waals surface area contributed by atoms with Crippen molar-refractivity contribution in [3.8, 4) is 5.75 Å². The first-order valence-electron chi connectivity index (χ1n) is 4.77. The topological polar surface area (TPSA) is 26.3 Å². The summed E-state index contributed by atoms with van der Waals surface area (Å²) in [6.07, 6.45) is 3.14. The summed E-state index contributed by atoms with van der Waals surface area (Å²) < 4.78 is 5.51. The van der Waals surface area contributed by atoms with Crippen molar-refractivity contribution >= 4 is 29.5 Å². The quantitative estimate of drug-likeness (QED) is 0.757. The van der Waals surface area contributed by atoms with Gasteiger partial charge >= 0.3 is 0 Å². The number of ether oxygens (including phenoxy) is 1. The lowest BCUT2D eigenvalue weighted by atomic mass is 10.2. The lowest BCUT2D eigenvalue weighted by Gasteiger charge is -2.08. The van der Waals surface area contributed by atoms with E-state index in [1.54, 1.807) is 6.07 Å². The van der Waals surface area contributed by atoms with E-state index >= 15 is 0 Å². The van der Waals surface area contributed by atoms with Crippen LogP contribution < -0.4 is 4.74 Å². The van der Waals surface area contributed by atoms with Crippen LogP contribution in [0, 0.1) is 5.92 Å². The third kappa shape index (κ3) is 2.64. The van der Waals surface area contributed by atoms with Crippen LogP contribution in [0.15, 0.2) is 12.1 Å². The highest BCUT2D eigenvalue weighted by atomic mass is 35.5. The van der Waals surface area contributed by atoms with Gasteiger partial charge in [0.15, 0.2) is 6.29 Å². The van der Waals surface area contributed by atoms with Crippen molar-refractivity contribution in [3.63, 3.8) is 0 Å². The molecule has 2 nitrogen and oxygen atoms in total. The van der Waals surface area contributed by atoms with Crippen LogP contribution in [0.25, 0.3) is 0 Å². The molecule has 1 fully saturated rings. The van der Waals surface area contributed by atoms with Crippen molar-refractivity contribution in [2.24, 2.45) is 5.92 Å². The maximum Gasteiger partial charge on any atom is 0.153 e. The molecule has 15 heavy (non-hydrogen) atoms. The fourth-order valence-corrected chi connectivity index (χ4v) is 1.58. The Kier molecular flexibility index (Phi) is 3.17. The zero-order valence-corrected chi connectivity index (χ0v) is 9.52. The predicted molar refractivity (Wildman–Crippen MR) is 60.1 cm³/mol. The molecule has 0 spiro atoms. The molecule has 0 N–H and O–H groups in total. The average molecular weight is 245 g/mol. The van der Waals surface area contributed by atoms with Gasteiger partial charge in [0.05, 0.1) is 22.2 Å². The molecular formula is C11H10Cl2O2. The Morgan fingerprint density at radius 1 is 1.33 bits per heavy atom. The van der Waals surface area contributed by atoms with Gasteiger partial charge in [-0.1, -0.05) is 23.2 Å². The van der Waals surface area contributed by atoms with Crippen LogP contribution in [-0.2, 0) is 0 Å². The third-order valence-corrected chi connectivity index (χ3v) is 3.07. The van der Waals surface area contributed by atoms with Crippen LogP contribution in [0.3, 0.4) is 0 Å². The normalized spacial score (nSPS) is 15.1. The van der Waals surface area contributed by atoms with Crippen molar-refractivity contribution in [2.45, 2.75) is 12.8 Å². The van der Waals surface area contributed by atoms with E-state index in [9.17, 15) is 4.79 Å². The molecule has 0 saturated heterocycles. The Bertz CT molecular complexity index is 386. The Morgan fingerprint density at radius 3 is 2.60 bits per heavy atom. The van der Waals surface area contributed by atoms with Gasteiger partial charge in [0, 0.05) is 6.07 Å². The molecule has 0 atom stereocenters. The molecule has 0 radical (unpaired) electrons. The van der Waals surface area contributed by atoms with Crippen LogP contribution in [0.5, 0.6) is 5.75 Å². The molecule has 1 saturated carbocycles. The van der Waals surface area contributed by atoms with Crippen molar-refractivity contribution in [1.82, 2.24) is 0 Å². The van der Waals surface area contributed by atoms with E-state index in [4.69, 9.17) is 27.9 Å². The van der Waals surface area contributed by atoms with Crippen molar-refractivity contribution in [3.05, 3.63) is 27.7 Å². The minimum atomic E-state index is 0.373. The number of rotatable bonds is 4. The summed E-state index contributed by atoms with van der Waals surface area (Å²) in [6.45, 7) is 0.652. The second-order valence-electron chi connectivity index (χ2n) is 3.68. The summed E-state index contributed by atoms with van der Waals surface area (Å²) in [7, 11) is 0. The van der Waals surface area contributed by atoms with E-state index in [1.807, 2.05) is 0 Å². The third-order valence-electron chi connectivity index (χ3n) is 2.35. The summed E-state index contributed by atoms with van der Waals surface area (Å²) in [5.41, 5.74) is 0.449. The molecule has 1 aliphatic rings. The first kappa shape index (κ1) is 10.8. The highest BCUT2D eigenvalue weighted by Crippen LogP contribution is 2.33. The zero-order valence-electron chi connectivity index (χ0n) is 8.00. The summed E-state index contributed by atoms with van der Waals surface area (Å²) in [6, 6.07) is 3.12. The second kappa shape index (κ2) is 4.42. The SMILES string of the molecule is O=Cc1cc(Cl)c(Cl)cc1OCC1CC1. The lowest BCUT2D eigenvalue weighted by molar-refractivity contribution is 0.111. The molecule has 0 heterocycles. The molecule has 1 aromatic carbocycles. The first-order chi connectivity index (χ1) is 7.20. The van der Waals surface area contributed by atoms with Gasteiger partial charge in [0.1, 0.15) is 5.75 Å². The molecule has 1 aromatic rings. The Balaban J connectivity index is 2.18.